The van der Waals surface area contributed by atoms with Gasteiger partial charge < -0.3 is 20.6 Å². The van der Waals surface area contributed by atoms with Gasteiger partial charge in [0, 0.05) is 67.8 Å². The van der Waals surface area contributed by atoms with Crippen LogP contribution in [0, 0.1) is 0 Å². The number of anilines is 1. The van der Waals surface area contributed by atoms with E-state index < -0.39 is 23.6 Å². The molecule has 2 atom stereocenters. The first-order chi connectivity index (χ1) is 25.9. The van der Waals surface area contributed by atoms with Crippen LogP contribution < -0.4 is 10.6 Å². The number of carbonyl (C=O) groups is 4. The molecule has 0 aliphatic carbocycles. The van der Waals surface area contributed by atoms with E-state index in [1.54, 1.807) is 56.2 Å². The summed E-state index contributed by atoms with van der Waals surface area (Å²) in [5.41, 5.74) is 5.47. The van der Waals surface area contributed by atoms with Gasteiger partial charge in [-0.2, -0.15) is 5.10 Å². The lowest BCUT2D eigenvalue weighted by Gasteiger charge is -2.37. The van der Waals surface area contributed by atoms with Crippen molar-refractivity contribution < 1.29 is 24.3 Å². The summed E-state index contributed by atoms with van der Waals surface area (Å²) in [6.45, 7) is 8.81. The first kappa shape index (κ1) is 37.9. The van der Waals surface area contributed by atoms with E-state index in [2.05, 4.69) is 20.6 Å². The maximum Gasteiger partial charge on any atom is 0.408 e. The predicted octanol–water partition coefficient (Wildman–Crippen LogP) is 6.74. The van der Waals surface area contributed by atoms with Crippen LogP contribution in [0.5, 0.6) is 0 Å². The Morgan fingerprint density at radius 2 is 1.72 bits per heavy atom. The van der Waals surface area contributed by atoms with Crippen molar-refractivity contribution in [3.8, 4) is 0 Å². The highest BCUT2D eigenvalue weighted by Crippen LogP contribution is 2.32. The van der Waals surface area contributed by atoms with Gasteiger partial charge in [0.15, 0.2) is 0 Å². The zero-order valence-corrected chi connectivity index (χ0v) is 31.3. The van der Waals surface area contributed by atoms with E-state index in [4.69, 9.17) is 5.10 Å². The number of urea groups is 1. The number of aromatic nitrogens is 2. The molecule has 0 saturated heterocycles. The Balaban J connectivity index is 1.08. The highest BCUT2D eigenvalue weighted by atomic mass is 16.4. The number of nitrogens with zero attached hydrogens (tertiary/aromatic N) is 6. The van der Waals surface area contributed by atoms with Gasteiger partial charge in [-0.1, -0.05) is 43.2 Å². The second-order valence-corrected chi connectivity index (χ2v) is 14.9. The zero-order valence-electron chi connectivity index (χ0n) is 31.3. The van der Waals surface area contributed by atoms with E-state index >= 15 is 0 Å². The van der Waals surface area contributed by atoms with Gasteiger partial charge in [-0.05, 0) is 93.1 Å². The summed E-state index contributed by atoms with van der Waals surface area (Å²) in [5.74, 6) is -0.832. The number of hydrogen-bond acceptors (Lipinski definition) is 7. The maximum atomic E-state index is 13.9. The third-order valence-electron chi connectivity index (χ3n) is 10.00. The van der Waals surface area contributed by atoms with Crippen LogP contribution in [0.3, 0.4) is 0 Å². The summed E-state index contributed by atoms with van der Waals surface area (Å²) in [7, 11) is 0. The monoisotopic (exact) mass is 732 g/mol. The number of hydrogen-bond donors (Lipinski definition) is 3. The Labute approximate surface area is 315 Å². The second-order valence-electron chi connectivity index (χ2n) is 14.9. The van der Waals surface area contributed by atoms with Gasteiger partial charge in [-0.3, -0.25) is 24.5 Å². The summed E-state index contributed by atoms with van der Waals surface area (Å²) < 4.78 is 0. The zero-order chi connectivity index (χ0) is 38.4. The molecule has 4 aromatic rings. The lowest BCUT2D eigenvalue weighted by molar-refractivity contribution is -0.133. The van der Waals surface area contributed by atoms with Gasteiger partial charge in [-0.25, -0.2) is 14.6 Å². The predicted molar refractivity (Wildman–Crippen MR) is 207 cm³/mol. The number of rotatable bonds is 12. The Morgan fingerprint density at radius 3 is 2.46 bits per heavy atom. The minimum absolute atomic E-state index is 0.0668. The molecule has 0 saturated carbocycles. The number of benzene rings is 2. The van der Waals surface area contributed by atoms with E-state index in [-0.39, 0.29) is 17.8 Å². The molecule has 13 nitrogen and oxygen atoms in total. The largest absolute Gasteiger partial charge is 0.465 e. The average Bonchev–Trinajstić information content (AvgIpc) is 3.59. The first-order valence-corrected chi connectivity index (χ1v) is 18.5. The number of amides is 5. The topological polar surface area (TPSA) is 160 Å². The van der Waals surface area contributed by atoms with Crippen molar-refractivity contribution in [2.45, 2.75) is 90.4 Å². The van der Waals surface area contributed by atoms with E-state index in [1.165, 1.54) is 0 Å². The number of hydrazone groups is 1. The Bertz CT molecular complexity index is 2020. The first-order valence-electron chi connectivity index (χ1n) is 18.5. The lowest BCUT2D eigenvalue weighted by atomic mass is 9.88. The number of unbranched alkanes of at least 4 members (excludes halogenated alkanes) is 3. The van der Waals surface area contributed by atoms with Gasteiger partial charge in [-0.15, -0.1) is 0 Å². The van der Waals surface area contributed by atoms with E-state index in [9.17, 15) is 24.3 Å². The number of pyridine rings is 2. The minimum atomic E-state index is -1.13. The average molecular weight is 733 g/mol. The molecule has 54 heavy (non-hydrogen) atoms. The van der Waals surface area contributed by atoms with E-state index in [0.717, 1.165) is 69.5 Å². The molecule has 2 aromatic heterocycles. The molecule has 13 heteroatoms. The van der Waals surface area contributed by atoms with Crippen molar-refractivity contribution in [1.29, 1.82) is 0 Å². The van der Waals surface area contributed by atoms with Crippen LogP contribution in [-0.4, -0.2) is 84.2 Å². The van der Waals surface area contributed by atoms with E-state index in [1.807, 2.05) is 60.7 Å². The molecule has 2 aromatic carbocycles. The fourth-order valence-electron chi connectivity index (χ4n) is 7.15. The van der Waals surface area contributed by atoms with Crippen molar-refractivity contribution in [2.24, 2.45) is 5.10 Å². The molecule has 5 amide bonds. The van der Waals surface area contributed by atoms with Crippen LogP contribution in [0.4, 0.5) is 15.3 Å². The van der Waals surface area contributed by atoms with Gasteiger partial charge in [0.05, 0.1) is 17.1 Å². The molecular weight excluding hydrogens is 685 g/mol. The smallest absolute Gasteiger partial charge is 0.408 e. The molecular formula is C41H48N8O5. The third-order valence-corrected chi connectivity index (χ3v) is 10.00. The molecule has 2 aliphatic heterocycles. The van der Waals surface area contributed by atoms with Gasteiger partial charge in [0.2, 0.25) is 5.91 Å². The van der Waals surface area contributed by atoms with Crippen molar-refractivity contribution in [2.75, 3.05) is 18.4 Å². The Kier molecular flexibility index (Phi) is 11.5. The molecule has 3 N–H and O–H groups in total. The van der Waals surface area contributed by atoms with Crippen molar-refractivity contribution >= 4 is 46.2 Å². The van der Waals surface area contributed by atoms with Crippen LogP contribution in [-0.2, 0) is 22.7 Å². The highest BCUT2D eigenvalue weighted by molar-refractivity contribution is 6.06. The molecule has 0 fully saturated rings. The second kappa shape index (κ2) is 16.4. The minimum Gasteiger partial charge on any atom is -0.465 e. The molecule has 4 heterocycles. The molecule has 0 spiro atoms. The van der Waals surface area contributed by atoms with E-state index in [0.29, 0.717) is 38.3 Å². The lowest BCUT2D eigenvalue weighted by Crippen LogP contribution is -2.55. The van der Waals surface area contributed by atoms with Crippen LogP contribution in [0.15, 0.2) is 84.4 Å². The highest BCUT2D eigenvalue weighted by Gasteiger charge is 2.35. The summed E-state index contributed by atoms with van der Waals surface area (Å²) >= 11 is 0. The summed E-state index contributed by atoms with van der Waals surface area (Å²) in [6.07, 6.45) is 7.66. The molecule has 0 radical (unpaired) electrons. The Morgan fingerprint density at radius 1 is 0.963 bits per heavy atom. The Hall–Kier alpha value is -5.85. The third kappa shape index (κ3) is 8.84. The SMILES string of the molecule is CC(C(=O)NCCCCCCN1N=C(c2ccc(NC(=O)N3Cc4ccncc4C3)cc2)CC(c2ccc3cccnc3c2)C1=O)N(C(=O)O)C(C)(C)C. The summed E-state index contributed by atoms with van der Waals surface area (Å²) in [6, 6.07) is 18.4. The summed E-state index contributed by atoms with van der Waals surface area (Å²) in [5, 5.41) is 22.9. The number of carbonyl (C=O) groups excluding carboxylic acids is 3. The standard InChI is InChI=1S/C41H48N8O5/c1-27(49(40(53)54)41(2,3)4)37(50)44-18-7-5-6-8-21-48-38(51)34(30-12-11-28-10-9-19-43-35(28)22-30)23-36(46-48)29-13-15-33(16-14-29)45-39(52)47-25-31-17-20-42-24-32(31)26-47/h9-17,19-20,22,24,27,34H,5-8,18,21,23,25-26H2,1-4H3,(H,44,50)(H,45,52)(H,53,54). The summed E-state index contributed by atoms with van der Waals surface area (Å²) in [4.78, 5) is 63.0. The van der Waals surface area contributed by atoms with Gasteiger partial charge in [0.1, 0.15) is 6.04 Å². The molecule has 282 valence electrons. The van der Waals surface area contributed by atoms with Crippen molar-refractivity contribution in [3.05, 3.63) is 102 Å². The fourth-order valence-corrected chi connectivity index (χ4v) is 7.15. The van der Waals surface area contributed by atoms with Crippen LogP contribution in [0.25, 0.3) is 10.9 Å². The van der Waals surface area contributed by atoms with Crippen LogP contribution in [0.2, 0.25) is 0 Å². The van der Waals surface area contributed by atoms with Crippen molar-refractivity contribution in [1.82, 2.24) is 30.1 Å². The number of nitrogens with one attached hydrogen (secondary N) is 2. The molecule has 2 unspecified atom stereocenters. The maximum absolute atomic E-state index is 13.9. The van der Waals surface area contributed by atoms with Gasteiger partial charge in [0.25, 0.3) is 5.91 Å². The number of carboxylic acid groups (broad SMARTS) is 1. The quantitative estimate of drug-likeness (QED) is 0.136. The molecule has 2 aliphatic rings. The normalized spacial score (nSPS) is 16.1. The van der Waals surface area contributed by atoms with Crippen molar-refractivity contribution in [3.63, 3.8) is 0 Å². The molecule has 6 rings (SSSR count). The van der Waals surface area contributed by atoms with Crippen LogP contribution >= 0.6 is 0 Å². The van der Waals surface area contributed by atoms with Gasteiger partial charge >= 0.3 is 12.1 Å². The number of fused-ring (bicyclic) bond motifs is 2. The fraction of sp³-hybridized carbons (Fsp3) is 0.390. The molecule has 0 bridgehead atoms. The van der Waals surface area contributed by atoms with Crippen LogP contribution in [0.1, 0.15) is 88.0 Å².